The molecule has 0 radical (unpaired) electrons. The van der Waals surface area contributed by atoms with Gasteiger partial charge in [-0.25, -0.2) is 0 Å². The molecule has 0 amide bonds. The zero-order chi connectivity index (χ0) is 21.3. The van der Waals surface area contributed by atoms with Crippen LogP contribution in [0.4, 0.5) is 13.2 Å². The molecule has 156 valence electrons. The van der Waals surface area contributed by atoms with Gasteiger partial charge in [-0.05, 0) is 37.1 Å². The van der Waals surface area contributed by atoms with Crippen molar-refractivity contribution in [3.63, 3.8) is 0 Å². The number of alkyl halides is 3. The van der Waals surface area contributed by atoms with Crippen LogP contribution in [0, 0.1) is 0 Å². The van der Waals surface area contributed by atoms with E-state index in [0.29, 0.717) is 28.7 Å². The Bertz CT molecular complexity index is 1080. The lowest BCUT2D eigenvalue weighted by molar-refractivity contribution is -0.137. The minimum Gasteiger partial charge on any atom is -0.298 e. The fourth-order valence-electron chi connectivity index (χ4n) is 3.42. The Labute approximate surface area is 184 Å². The first-order valence-corrected chi connectivity index (χ1v) is 11.1. The van der Waals surface area contributed by atoms with E-state index in [-0.39, 0.29) is 11.0 Å². The maximum Gasteiger partial charge on any atom is 0.416 e. The van der Waals surface area contributed by atoms with Crippen molar-refractivity contribution >= 4 is 33.5 Å². The molecule has 1 aliphatic rings. The molecule has 4 nitrogen and oxygen atoms in total. The van der Waals surface area contributed by atoms with E-state index in [1.165, 1.54) is 17.8 Å². The molecule has 30 heavy (non-hydrogen) atoms. The predicted molar refractivity (Wildman–Crippen MR) is 113 cm³/mol. The van der Waals surface area contributed by atoms with Gasteiger partial charge in [-0.3, -0.25) is 9.36 Å². The van der Waals surface area contributed by atoms with Crippen LogP contribution in [0.2, 0.25) is 0 Å². The van der Waals surface area contributed by atoms with E-state index in [2.05, 4.69) is 26.1 Å². The third-order valence-corrected chi connectivity index (χ3v) is 6.88. The van der Waals surface area contributed by atoms with Crippen molar-refractivity contribution in [2.75, 3.05) is 0 Å². The van der Waals surface area contributed by atoms with Gasteiger partial charge in [-0.15, -0.1) is 10.2 Å². The first-order valence-electron chi connectivity index (χ1n) is 9.42. The molecule has 4 rings (SSSR count). The monoisotopic (exact) mass is 495 g/mol. The Kier molecular flexibility index (Phi) is 6.02. The summed E-state index contributed by atoms with van der Waals surface area (Å²) in [6.45, 7) is 0. The van der Waals surface area contributed by atoms with Crippen LogP contribution < -0.4 is 0 Å². The van der Waals surface area contributed by atoms with E-state index in [9.17, 15) is 18.0 Å². The lowest BCUT2D eigenvalue weighted by atomic mass is 9.99. The van der Waals surface area contributed by atoms with Gasteiger partial charge in [0.05, 0.1) is 16.5 Å². The van der Waals surface area contributed by atoms with E-state index < -0.39 is 11.7 Å². The van der Waals surface area contributed by atoms with E-state index in [0.717, 1.165) is 35.9 Å². The van der Waals surface area contributed by atoms with E-state index in [1.807, 2.05) is 24.3 Å². The molecule has 0 N–H and O–H groups in total. The second kappa shape index (κ2) is 8.55. The number of ketones is 1. The minimum atomic E-state index is -4.47. The van der Waals surface area contributed by atoms with Crippen molar-refractivity contribution in [3.8, 4) is 17.1 Å². The smallest absolute Gasteiger partial charge is 0.298 e. The number of hydrogen-bond donors (Lipinski definition) is 0. The summed E-state index contributed by atoms with van der Waals surface area (Å²) in [4.78, 5) is 12.3. The summed E-state index contributed by atoms with van der Waals surface area (Å²) in [5.74, 6) is 0.555. The zero-order valence-electron chi connectivity index (χ0n) is 15.7. The van der Waals surface area contributed by atoms with E-state index in [4.69, 9.17) is 0 Å². The van der Waals surface area contributed by atoms with Gasteiger partial charge in [0.15, 0.2) is 11.0 Å². The lowest BCUT2D eigenvalue weighted by Gasteiger charge is -2.20. The number of benzene rings is 2. The molecule has 0 aliphatic heterocycles. The summed E-state index contributed by atoms with van der Waals surface area (Å²) in [5, 5.41) is 8.67. The van der Waals surface area contributed by atoms with Crippen LogP contribution in [0.5, 0.6) is 0 Å². The molecular weight excluding hydrogens is 479 g/mol. The summed E-state index contributed by atoms with van der Waals surface area (Å²) in [7, 11) is 0. The Morgan fingerprint density at radius 3 is 2.60 bits per heavy atom. The Balaban J connectivity index is 1.84. The number of halogens is 4. The molecule has 1 atom stereocenters. The van der Waals surface area contributed by atoms with E-state index >= 15 is 0 Å². The first-order chi connectivity index (χ1) is 14.3. The highest BCUT2D eigenvalue weighted by atomic mass is 79.9. The normalized spacial score (nSPS) is 17.3. The van der Waals surface area contributed by atoms with Gasteiger partial charge in [-0.2, -0.15) is 13.2 Å². The maximum absolute atomic E-state index is 13.3. The molecule has 0 spiro atoms. The van der Waals surface area contributed by atoms with Crippen LogP contribution in [-0.2, 0) is 11.0 Å². The molecule has 1 aromatic heterocycles. The van der Waals surface area contributed by atoms with Crippen LogP contribution in [0.1, 0.15) is 31.2 Å². The Morgan fingerprint density at radius 2 is 1.87 bits per heavy atom. The highest BCUT2D eigenvalue weighted by Gasteiger charge is 2.32. The van der Waals surface area contributed by atoms with Gasteiger partial charge in [0.25, 0.3) is 0 Å². The summed E-state index contributed by atoms with van der Waals surface area (Å²) in [6, 6.07) is 12.4. The molecular formula is C21H17BrF3N3OS. The van der Waals surface area contributed by atoms with Crippen molar-refractivity contribution in [2.45, 2.75) is 42.3 Å². The van der Waals surface area contributed by atoms with Crippen LogP contribution in [-0.4, -0.2) is 25.8 Å². The molecule has 1 heterocycles. The van der Waals surface area contributed by atoms with Gasteiger partial charge in [0, 0.05) is 16.5 Å². The fraction of sp³-hybridized carbons (Fsp3) is 0.286. The van der Waals surface area contributed by atoms with Gasteiger partial charge < -0.3 is 0 Å². The Hall–Kier alpha value is -2.13. The average Bonchev–Trinajstić information content (AvgIpc) is 3.13. The number of carbonyl (C=O) groups is 1. The van der Waals surface area contributed by atoms with Gasteiger partial charge in [0.1, 0.15) is 5.78 Å². The molecule has 1 saturated carbocycles. The molecule has 9 heteroatoms. The van der Waals surface area contributed by atoms with Crippen molar-refractivity contribution in [1.29, 1.82) is 0 Å². The topological polar surface area (TPSA) is 47.8 Å². The number of aromatic nitrogens is 3. The molecule has 2 aromatic carbocycles. The zero-order valence-corrected chi connectivity index (χ0v) is 18.1. The molecule has 1 fully saturated rings. The van der Waals surface area contributed by atoms with E-state index in [1.54, 1.807) is 10.6 Å². The number of thioether (sulfide) groups is 1. The summed E-state index contributed by atoms with van der Waals surface area (Å²) >= 11 is 4.75. The second-order valence-electron chi connectivity index (χ2n) is 6.99. The molecule has 1 aliphatic carbocycles. The fourth-order valence-corrected chi connectivity index (χ4v) is 5.06. The summed E-state index contributed by atoms with van der Waals surface area (Å²) in [6.07, 6.45) is -1.41. The van der Waals surface area contributed by atoms with Crippen LogP contribution in [0.3, 0.4) is 0 Å². The second-order valence-corrected chi connectivity index (χ2v) is 9.01. The third-order valence-electron chi connectivity index (χ3n) is 4.93. The van der Waals surface area contributed by atoms with Crippen LogP contribution in [0.25, 0.3) is 17.1 Å². The number of hydrogen-bond acceptors (Lipinski definition) is 4. The third kappa shape index (κ3) is 4.32. The minimum absolute atomic E-state index is 0.146. The number of rotatable bonds is 4. The largest absolute Gasteiger partial charge is 0.416 e. The van der Waals surface area contributed by atoms with Crippen molar-refractivity contribution < 1.29 is 18.0 Å². The van der Waals surface area contributed by atoms with Crippen LogP contribution in [0.15, 0.2) is 58.2 Å². The quantitative estimate of drug-likeness (QED) is 0.424. The van der Waals surface area contributed by atoms with Gasteiger partial charge in [0.2, 0.25) is 0 Å². The lowest BCUT2D eigenvalue weighted by Crippen LogP contribution is -2.21. The van der Waals surface area contributed by atoms with Crippen molar-refractivity contribution in [3.05, 3.63) is 58.6 Å². The molecule has 0 bridgehead atoms. The highest BCUT2D eigenvalue weighted by molar-refractivity contribution is 9.10. The summed E-state index contributed by atoms with van der Waals surface area (Å²) < 4.78 is 42.3. The van der Waals surface area contributed by atoms with Gasteiger partial charge >= 0.3 is 6.18 Å². The average molecular weight is 496 g/mol. The number of nitrogens with zero attached hydrogens (tertiary/aromatic N) is 3. The molecule has 3 aromatic rings. The van der Waals surface area contributed by atoms with Crippen molar-refractivity contribution in [2.24, 2.45) is 0 Å². The van der Waals surface area contributed by atoms with Gasteiger partial charge in [-0.1, -0.05) is 58.4 Å². The Morgan fingerprint density at radius 1 is 1.07 bits per heavy atom. The molecule has 0 saturated heterocycles. The SMILES string of the molecule is O=C1CCCC[C@@H]1Sc1nnc(-c2ccccc2Br)n1-c1cccc(C(F)(F)F)c1. The number of carbonyl (C=O) groups excluding carboxylic acids is 1. The van der Waals surface area contributed by atoms with Crippen LogP contribution >= 0.6 is 27.7 Å². The molecule has 0 unspecified atom stereocenters. The first kappa shape index (κ1) is 21.1. The highest BCUT2D eigenvalue weighted by Crippen LogP contribution is 2.37. The van der Waals surface area contributed by atoms with Crippen molar-refractivity contribution in [1.82, 2.24) is 14.8 Å². The maximum atomic E-state index is 13.3. The predicted octanol–water partition coefficient (Wildman–Crippen LogP) is 6.32. The number of Topliss-reactive ketones (excluding diaryl/α,β-unsaturated/α-hetero) is 1. The summed E-state index contributed by atoms with van der Waals surface area (Å²) in [5.41, 5.74) is 0.243. The standard InChI is InChI=1S/C21H17BrF3N3OS/c22-16-9-2-1-8-15(16)19-26-27-20(30-18-11-4-3-10-17(18)29)28(19)14-7-5-6-13(12-14)21(23,24)25/h1-2,5-9,12,18H,3-4,10-11H2/t18-/m0/s1.